The Labute approximate surface area is 91.1 Å². The predicted octanol–water partition coefficient (Wildman–Crippen LogP) is 2.86. The zero-order chi connectivity index (χ0) is 10.3. The van der Waals surface area contributed by atoms with E-state index >= 15 is 0 Å². The van der Waals surface area contributed by atoms with E-state index in [9.17, 15) is 5.11 Å². The lowest BCUT2D eigenvalue weighted by Crippen LogP contribution is -2.17. The van der Waals surface area contributed by atoms with Crippen LogP contribution in [0.5, 0.6) is 0 Å². The van der Waals surface area contributed by atoms with Gasteiger partial charge in [0.15, 0.2) is 0 Å². The molecule has 1 nitrogen and oxygen atoms in total. The molecule has 0 amide bonds. The fraction of sp³-hybridized carbons (Fsp3) is 0.800. The van der Waals surface area contributed by atoms with Crippen LogP contribution in [0.25, 0.3) is 0 Å². The quantitative estimate of drug-likeness (QED) is 0.470. The van der Waals surface area contributed by atoms with Gasteiger partial charge in [0.05, 0.1) is 8.07 Å². The van der Waals surface area contributed by atoms with Crippen molar-refractivity contribution in [3.05, 3.63) is 0 Å². The Kier molecular flexibility index (Phi) is 6.75. The number of alkyl halides is 1. The molecule has 0 aromatic carbocycles. The van der Waals surface area contributed by atoms with Crippen molar-refractivity contribution in [2.45, 2.75) is 44.6 Å². The molecule has 0 aromatic heterocycles. The van der Waals surface area contributed by atoms with Crippen LogP contribution >= 0.6 is 15.9 Å². The van der Waals surface area contributed by atoms with Gasteiger partial charge >= 0.3 is 0 Å². The molecule has 0 heterocycles. The largest absolute Gasteiger partial charge is 0.380 e. The summed E-state index contributed by atoms with van der Waals surface area (Å²) < 4.78 is 0. The Morgan fingerprint density at radius 2 is 2.00 bits per heavy atom. The molecule has 0 saturated carbocycles. The third-order valence-electron chi connectivity index (χ3n) is 1.50. The maximum atomic E-state index is 9.40. The summed E-state index contributed by atoms with van der Waals surface area (Å²) in [5.74, 6) is 5.97. The Hall–Kier alpha value is 0.217. The molecular weight excluding hydrogens is 244 g/mol. The van der Waals surface area contributed by atoms with Crippen LogP contribution in [0.1, 0.15) is 12.8 Å². The zero-order valence-electron chi connectivity index (χ0n) is 8.73. The summed E-state index contributed by atoms with van der Waals surface area (Å²) in [4.78, 5) is 0. The van der Waals surface area contributed by atoms with E-state index < -0.39 is 14.2 Å². The molecule has 0 radical (unpaired) electrons. The highest BCUT2D eigenvalue weighted by Crippen LogP contribution is 2.06. The third-order valence-corrected chi connectivity index (χ3v) is 3.30. The summed E-state index contributed by atoms with van der Waals surface area (Å²) in [6.45, 7) is 6.85. The minimum absolute atomic E-state index is 0.422. The van der Waals surface area contributed by atoms with Crippen molar-refractivity contribution in [3.63, 3.8) is 0 Å². The van der Waals surface area contributed by atoms with Gasteiger partial charge in [-0.1, -0.05) is 41.5 Å². The first kappa shape index (κ1) is 13.2. The molecule has 0 rings (SSSR count). The van der Waals surface area contributed by atoms with Gasteiger partial charge in [0.1, 0.15) is 6.10 Å². The average Bonchev–Trinajstić information content (AvgIpc) is 1.98. The summed E-state index contributed by atoms with van der Waals surface area (Å²) in [5.41, 5.74) is 0. The van der Waals surface area contributed by atoms with Crippen molar-refractivity contribution < 1.29 is 5.11 Å². The van der Waals surface area contributed by atoms with E-state index in [0.29, 0.717) is 0 Å². The average molecular weight is 263 g/mol. The molecule has 76 valence electrons. The number of hydrogen-bond acceptors (Lipinski definition) is 1. The first-order chi connectivity index (χ1) is 5.95. The van der Waals surface area contributed by atoms with Gasteiger partial charge < -0.3 is 5.11 Å². The van der Waals surface area contributed by atoms with Crippen LogP contribution in [-0.2, 0) is 0 Å². The van der Waals surface area contributed by atoms with Gasteiger partial charge in [0.25, 0.3) is 0 Å². The number of rotatable bonds is 4. The van der Waals surface area contributed by atoms with Crippen LogP contribution in [0.2, 0.25) is 25.7 Å². The molecule has 0 unspecified atom stereocenters. The van der Waals surface area contributed by atoms with Crippen LogP contribution in [-0.4, -0.2) is 24.6 Å². The minimum Gasteiger partial charge on any atom is -0.380 e. The topological polar surface area (TPSA) is 20.2 Å². The van der Waals surface area contributed by atoms with Crippen molar-refractivity contribution >= 4 is 24.0 Å². The van der Waals surface area contributed by atoms with Gasteiger partial charge in [-0.15, -0.1) is 5.92 Å². The van der Waals surface area contributed by atoms with E-state index in [2.05, 4.69) is 47.4 Å². The fourth-order valence-corrected chi connectivity index (χ4v) is 1.73. The summed E-state index contributed by atoms with van der Waals surface area (Å²) in [6.07, 6.45) is 1.35. The van der Waals surface area contributed by atoms with E-state index in [1.165, 1.54) is 0 Å². The molecule has 0 bridgehead atoms. The lowest BCUT2D eigenvalue weighted by molar-refractivity contribution is 0.221. The molecular formula is C10H19BrOSi. The molecule has 3 heteroatoms. The van der Waals surface area contributed by atoms with Crippen molar-refractivity contribution in [3.8, 4) is 11.8 Å². The Morgan fingerprint density at radius 3 is 2.46 bits per heavy atom. The maximum Gasteiger partial charge on any atom is 0.114 e. The van der Waals surface area contributed by atoms with Gasteiger partial charge in [0, 0.05) is 11.4 Å². The standard InChI is InChI=1S/C10H19BrOSi/c1-13(2,3)9-5-7-10(12)6-4-8-11/h10,12H,4,6,8-9H2,1-3H3/t10-/m0/s1. The summed E-state index contributed by atoms with van der Waals surface area (Å²) >= 11 is 3.33. The van der Waals surface area contributed by atoms with E-state index in [4.69, 9.17) is 0 Å². The number of aliphatic hydroxyl groups excluding tert-OH is 1. The SMILES string of the molecule is C[Si](C)(C)CC#C[C@@H](O)CCCBr. The van der Waals surface area contributed by atoms with Gasteiger partial charge in [-0.25, -0.2) is 0 Å². The molecule has 1 N–H and O–H groups in total. The van der Waals surface area contributed by atoms with Crippen molar-refractivity contribution in [2.75, 3.05) is 5.33 Å². The lowest BCUT2D eigenvalue weighted by atomic mass is 10.2. The van der Waals surface area contributed by atoms with Crippen LogP contribution in [0.15, 0.2) is 0 Å². The van der Waals surface area contributed by atoms with Crippen LogP contribution in [0.3, 0.4) is 0 Å². The first-order valence-corrected chi connectivity index (χ1v) is 9.51. The predicted molar refractivity (Wildman–Crippen MR) is 65.0 cm³/mol. The molecule has 0 aromatic rings. The fourth-order valence-electron chi connectivity index (χ4n) is 0.777. The van der Waals surface area contributed by atoms with Gasteiger partial charge in [-0.05, 0) is 12.8 Å². The molecule has 0 aliphatic rings. The Balaban J connectivity index is 3.69. The second kappa shape index (κ2) is 6.64. The highest BCUT2D eigenvalue weighted by molar-refractivity contribution is 9.09. The van der Waals surface area contributed by atoms with E-state index in [1.807, 2.05) is 0 Å². The normalized spacial score (nSPS) is 13.3. The molecule has 1 atom stereocenters. The van der Waals surface area contributed by atoms with Crippen LogP contribution < -0.4 is 0 Å². The molecule has 13 heavy (non-hydrogen) atoms. The molecule has 0 saturated heterocycles. The highest BCUT2D eigenvalue weighted by Gasteiger charge is 2.10. The Morgan fingerprint density at radius 1 is 1.38 bits per heavy atom. The van der Waals surface area contributed by atoms with Crippen molar-refractivity contribution in [1.29, 1.82) is 0 Å². The smallest absolute Gasteiger partial charge is 0.114 e. The number of hydrogen-bond donors (Lipinski definition) is 1. The van der Waals surface area contributed by atoms with Gasteiger partial charge in [-0.2, -0.15) is 0 Å². The molecule has 0 aliphatic carbocycles. The van der Waals surface area contributed by atoms with Crippen LogP contribution in [0, 0.1) is 11.8 Å². The second-order valence-electron chi connectivity index (χ2n) is 4.41. The Bertz CT molecular complexity index is 187. The molecule has 0 aliphatic heterocycles. The number of halogens is 1. The third kappa shape index (κ3) is 10.1. The maximum absolute atomic E-state index is 9.40. The first-order valence-electron chi connectivity index (χ1n) is 4.68. The highest BCUT2D eigenvalue weighted by atomic mass is 79.9. The molecule has 0 fully saturated rings. The van der Waals surface area contributed by atoms with Gasteiger partial charge in [0.2, 0.25) is 0 Å². The van der Waals surface area contributed by atoms with E-state index in [0.717, 1.165) is 24.2 Å². The molecule has 0 spiro atoms. The zero-order valence-corrected chi connectivity index (χ0v) is 11.3. The van der Waals surface area contributed by atoms with Gasteiger partial charge in [-0.3, -0.25) is 0 Å². The minimum atomic E-state index is -1.05. The van der Waals surface area contributed by atoms with Crippen molar-refractivity contribution in [1.82, 2.24) is 0 Å². The monoisotopic (exact) mass is 262 g/mol. The summed E-state index contributed by atoms with van der Waals surface area (Å²) in [5, 5.41) is 10.3. The lowest BCUT2D eigenvalue weighted by Gasteiger charge is -2.09. The van der Waals surface area contributed by atoms with Crippen LogP contribution in [0.4, 0.5) is 0 Å². The van der Waals surface area contributed by atoms with Crippen molar-refractivity contribution in [2.24, 2.45) is 0 Å². The second-order valence-corrected chi connectivity index (χ2v) is 10.7. The summed E-state index contributed by atoms with van der Waals surface area (Å²) in [6, 6.07) is 0.984. The number of aliphatic hydroxyl groups is 1. The van der Waals surface area contributed by atoms with E-state index in [1.54, 1.807) is 0 Å². The summed E-state index contributed by atoms with van der Waals surface area (Å²) in [7, 11) is -1.05. The van der Waals surface area contributed by atoms with E-state index in [-0.39, 0.29) is 0 Å².